The van der Waals surface area contributed by atoms with Gasteiger partial charge in [0.1, 0.15) is 17.8 Å². The molecule has 0 fully saturated rings. The Morgan fingerprint density at radius 1 is 1.23 bits per heavy atom. The topological polar surface area (TPSA) is 66.9 Å². The number of nitrogens with one attached hydrogen (secondary N) is 2. The van der Waals surface area contributed by atoms with Gasteiger partial charge in [0.25, 0.3) is 5.91 Å². The molecule has 1 heterocycles. The molecule has 0 atom stereocenters. The van der Waals surface area contributed by atoms with E-state index < -0.39 is 0 Å². The Balaban J connectivity index is 2.09. The van der Waals surface area contributed by atoms with Gasteiger partial charge in [-0.05, 0) is 37.5 Å². The second-order valence-corrected chi connectivity index (χ2v) is 5.27. The van der Waals surface area contributed by atoms with E-state index in [0.29, 0.717) is 11.5 Å². The molecule has 116 valence electrons. The summed E-state index contributed by atoms with van der Waals surface area (Å²) in [4.78, 5) is 20.5. The minimum Gasteiger partial charge on any atom is -0.370 e. The average molecular weight is 298 g/mol. The third-order valence-electron chi connectivity index (χ3n) is 3.59. The van der Waals surface area contributed by atoms with Crippen molar-refractivity contribution in [3.05, 3.63) is 47.4 Å². The fourth-order valence-corrected chi connectivity index (χ4v) is 2.04. The van der Waals surface area contributed by atoms with Gasteiger partial charge in [-0.1, -0.05) is 25.5 Å². The summed E-state index contributed by atoms with van der Waals surface area (Å²) in [6, 6.07) is 7.51. The van der Waals surface area contributed by atoms with Crippen LogP contribution < -0.4 is 10.6 Å². The SMILES string of the molecule is CCCCNc1cc(C(=O)Nc2cccc(C)c2C)ncn1. The first-order valence-corrected chi connectivity index (χ1v) is 7.55. The third-order valence-corrected chi connectivity index (χ3v) is 3.59. The summed E-state index contributed by atoms with van der Waals surface area (Å²) in [7, 11) is 0. The van der Waals surface area contributed by atoms with E-state index in [4.69, 9.17) is 0 Å². The summed E-state index contributed by atoms with van der Waals surface area (Å²) < 4.78 is 0. The molecular weight excluding hydrogens is 276 g/mol. The number of unbranched alkanes of at least 4 members (excludes halogenated alkanes) is 1. The fourth-order valence-electron chi connectivity index (χ4n) is 2.04. The predicted octanol–water partition coefficient (Wildman–Crippen LogP) is 3.56. The van der Waals surface area contributed by atoms with Crippen molar-refractivity contribution in [1.82, 2.24) is 9.97 Å². The summed E-state index contributed by atoms with van der Waals surface area (Å²) in [5, 5.41) is 6.10. The maximum absolute atomic E-state index is 12.3. The summed E-state index contributed by atoms with van der Waals surface area (Å²) in [6.07, 6.45) is 3.58. The number of nitrogens with zero attached hydrogens (tertiary/aromatic N) is 2. The lowest BCUT2D eigenvalue weighted by atomic mass is 10.1. The van der Waals surface area contributed by atoms with Gasteiger partial charge in [0.2, 0.25) is 0 Å². The molecule has 0 radical (unpaired) electrons. The number of benzene rings is 1. The van der Waals surface area contributed by atoms with Gasteiger partial charge in [-0.3, -0.25) is 4.79 Å². The van der Waals surface area contributed by atoms with Crippen molar-refractivity contribution in [3.8, 4) is 0 Å². The van der Waals surface area contributed by atoms with Gasteiger partial charge >= 0.3 is 0 Å². The molecule has 0 aliphatic carbocycles. The van der Waals surface area contributed by atoms with Gasteiger partial charge < -0.3 is 10.6 Å². The Hall–Kier alpha value is -2.43. The number of rotatable bonds is 6. The van der Waals surface area contributed by atoms with Crippen molar-refractivity contribution < 1.29 is 4.79 Å². The Kier molecular flexibility index (Phi) is 5.47. The van der Waals surface area contributed by atoms with E-state index in [1.54, 1.807) is 6.07 Å². The van der Waals surface area contributed by atoms with Crippen LogP contribution in [0.25, 0.3) is 0 Å². The molecule has 2 rings (SSSR count). The molecule has 0 saturated carbocycles. The molecule has 0 saturated heterocycles. The van der Waals surface area contributed by atoms with Crippen molar-refractivity contribution in [2.75, 3.05) is 17.2 Å². The first-order valence-electron chi connectivity index (χ1n) is 7.55. The maximum Gasteiger partial charge on any atom is 0.274 e. The number of anilines is 2. The lowest BCUT2D eigenvalue weighted by molar-refractivity contribution is 0.102. The average Bonchev–Trinajstić information content (AvgIpc) is 2.52. The molecule has 1 aromatic carbocycles. The Labute approximate surface area is 131 Å². The molecular formula is C17H22N4O. The second kappa shape index (κ2) is 7.54. The normalized spacial score (nSPS) is 10.3. The number of carbonyl (C=O) groups excluding carboxylic acids is 1. The minimum atomic E-state index is -0.227. The lowest BCUT2D eigenvalue weighted by Gasteiger charge is -2.10. The van der Waals surface area contributed by atoms with Gasteiger partial charge in [0.15, 0.2) is 0 Å². The first kappa shape index (κ1) is 15.9. The highest BCUT2D eigenvalue weighted by molar-refractivity contribution is 6.03. The number of hydrogen-bond donors (Lipinski definition) is 2. The Morgan fingerprint density at radius 3 is 2.82 bits per heavy atom. The highest BCUT2D eigenvalue weighted by Gasteiger charge is 2.11. The Bertz CT molecular complexity index is 655. The van der Waals surface area contributed by atoms with E-state index in [-0.39, 0.29) is 5.91 Å². The predicted molar refractivity (Wildman–Crippen MR) is 89.3 cm³/mol. The molecule has 0 spiro atoms. The largest absolute Gasteiger partial charge is 0.370 e. The van der Waals surface area contributed by atoms with E-state index in [1.807, 2.05) is 32.0 Å². The quantitative estimate of drug-likeness (QED) is 0.800. The summed E-state index contributed by atoms with van der Waals surface area (Å²) in [6.45, 7) is 6.98. The van der Waals surface area contributed by atoms with Crippen LogP contribution in [0, 0.1) is 13.8 Å². The van der Waals surface area contributed by atoms with Gasteiger partial charge in [-0.2, -0.15) is 0 Å². The monoisotopic (exact) mass is 298 g/mol. The van der Waals surface area contributed by atoms with E-state index in [9.17, 15) is 4.79 Å². The third kappa shape index (κ3) is 4.04. The highest BCUT2D eigenvalue weighted by atomic mass is 16.1. The molecule has 5 heteroatoms. The van der Waals surface area contributed by atoms with Crippen LogP contribution in [0.3, 0.4) is 0 Å². The molecule has 0 bridgehead atoms. The summed E-state index contributed by atoms with van der Waals surface area (Å²) >= 11 is 0. The number of aromatic nitrogens is 2. The van der Waals surface area contributed by atoms with Crippen molar-refractivity contribution in [1.29, 1.82) is 0 Å². The number of aryl methyl sites for hydroxylation is 1. The maximum atomic E-state index is 12.3. The molecule has 0 aliphatic heterocycles. The van der Waals surface area contributed by atoms with Crippen LogP contribution in [-0.4, -0.2) is 22.4 Å². The smallest absolute Gasteiger partial charge is 0.274 e. The van der Waals surface area contributed by atoms with Crippen LogP contribution in [0.15, 0.2) is 30.6 Å². The molecule has 1 aromatic heterocycles. The van der Waals surface area contributed by atoms with Crippen LogP contribution in [0.4, 0.5) is 11.5 Å². The zero-order chi connectivity index (χ0) is 15.9. The first-order chi connectivity index (χ1) is 10.6. The standard InChI is InChI=1S/C17H22N4O/c1-4-5-9-18-16-10-15(19-11-20-16)17(22)21-14-8-6-7-12(2)13(14)3/h6-8,10-11H,4-5,9H2,1-3H3,(H,21,22)(H,18,19,20). The number of amides is 1. The zero-order valence-electron chi connectivity index (χ0n) is 13.3. The van der Waals surface area contributed by atoms with E-state index >= 15 is 0 Å². The van der Waals surface area contributed by atoms with E-state index in [0.717, 1.165) is 36.2 Å². The van der Waals surface area contributed by atoms with Gasteiger partial charge in [-0.25, -0.2) is 9.97 Å². The zero-order valence-corrected chi connectivity index (χ0v) is 13.3. The molecule has 0 aliphatic rings. The summed E-state index contributed by atoms with van der Waals surface area (Å²) in [5.74, 6) is 0.448. The van der Waals surface area contributed by atoms with Gasteiger partial charge in [-0.15, -0.1) is 0 Å². The molecule has 22 heavy (non-hydrogen) atoms. The van der Waals surface area contributed by atoms with E-state index in [1.165, 1.54) is 6.33 Å². The molecule has 1 amide bonds. The van der Waals surface area contributed by atoms with Crippen molar-refractivity contribution >= 4 is 17.4 Å². The molecule has 2 N–H and O–H groups in total. The number of carbonyl (C=O) groups is 1. The van der Waals surface area contributed by atoms with E-state index in [2.05, 4.69) is 27.5 Å². The highest BCUT2D eigenvalue weighted by Crippen LogP contribution is 2.18. The van der Waals surface area contributed by atoms with Gasteiger partial charge in [0, 0.05) is 18.3 Å². The molecule has 2 aromatic rings. The van der Waals surface area contributed by atoms with Crippen molar-refractivity contribution in [2.24, 2.45) is 0 Å². The number of hydrogen-bond acceptors (Lipinski definition) is 4. The van der Waals surface area contributed by atoms with Crippen LogP contribution in [-0.2, 0) is 0 Å². The molecule has 0 unspecified atom stereocenters. The van der Waals surface area contributed by atoms with Crippen molar-refractivity contribution in [2.45, 2.75) is 33.6 Å². The van der Waals surface area contributed by atoms with Crippen LogP contribution in [0.2, 0.25) is 0 Å². The Morgan fingerprint density at radius 2 is 2.05 bits per heavy atom. The minimum absolute atomic E-state index is 0.227. The summed E-state index contributed by atoms with van der Waals surface area (Å²) in [5.41, 5.74) is 3.37. The molecule has 5 nitrogen and oxygen atoms in total. The second-order valence-electron chi connectivity index (χ2n) is 5.27. The van der Waals surface area contributed by atoms with Crippen LogP contribution in [0.1, 0.15) is 41.4 Å². The van der Waals surface area contributed by atoms with Crippen LogP contribution in [0.5, 0.6) is 0 Å². The van der Waals surface area contributed by atoms with Crippen LogP contribution >= 0.6 is 0 Å². The van der Waals surface area contributed by atoms with Crippen molar-refractivity contribution in [3.63, 3.8) is 0 Å². The fraction of sp³-hybridized carbons (Fsp3) is 0.353. The van der Waals surface area contributed by atoms with Gasteiger partial charge in [0.05, 0.1) is 0 Å². The lowest BCUT2D eigenvalue weighted by Crippen LogP contribution is -2.15.